The molecule has 2 fully saturated rings. The van der Waals surface area contributed by atoms with Crippen molar-refractivity contribution in [2.24, 2.45) is 5.73 Å². The van der Waals surface area contributed by atoms with Gasteiger partial charge in [-0.3, -0.25) is 0 Å². The van der Waals surface area contributed by atoms with E-state index in [4.69, 9.17) is 24.1 Å². The third kappa shape index (κ3) is 2.47. The maximum absolute atomic E-state index is 11.4. The fraction of sp³-hybridized carbons (Fsp3) is 0.900. The Balaban J connectivity index is 2.41. The summed E-state index contributed by atoms with van der Waals surface area (Å²) < 4.78 is 44.2. The van der Waals surface area contributed by atoms with Crippen molar-refractivity contribution < 1.29 is 26.8 Å². The highest BCUT2D eigenvalue weighted by Gasteiger charge is 2.66. The van der Waals surface area contributed by atoms with E-state index in [2.05, 4.69) is 0 Å². The lowest BCUT2D eigenvalue weighted by Crippen LogP contribution is -2.53. The Morgan fingerprint density at radius 2 is 2.05 bits per heavy atom. The molecule has 2 N–H and O–H groups in total. The SMILES string of the molecule is CC1(C)O[C@H]2O[C@H](CN)[C@@](C#N)(OS(C)(=O)=O)[C@H]2O1. The number of ether oxygens (including phenoxy) is 3. The molecule has 0 aromatic rings. The van der Waals surface area contributed by atoms with Crippen LogP contribution in [0.4, 0.5) is 0 Å². The van der Waals surface area contributed by atoms with E-state index in [9.17, 15) is 13.7 Å². The maximum atomic E-state index is 11.4. The van der Waals surface area contributed by atoms with Crippen LogP contribution in [0.2, 0.25) is 0 Å². The molecular formula is C10H16N2O6S. The molecule has 0 radical (unpaired) electrons. The van der Waals surface area contributed by atoms with Gasteiger partial charge in [0, 0.05) is 6.54 Å². The molecule has 2 aliphatic heterocycles. The molecule has 2 saturated heterocycles. The first kappa shape index (κ1) is 14.6. The van der Waals surface area contributed by atoms with Crippen LogP contribution in [0.15, 0.2) is 0 Å². The van der Waals surface area contributed by atoms with Gasteiger partial charge in [0.15, 0.2) is 18.2 Å². The molecule has 2 aliphatic rings. The molecule has 19 heavy (non-hydrogen) atoms. The van der Waals surface area contributed by atoms with Gasteiger partial charge in [-0.2, -0.15) is 13.7 Å². The van der Waals surface area contributed by atoms with E-state index in [0.29, 0.717) is 0 Å². The highest BCUT2D eigenvalue weighted by atomic mass is 32.2. The second kappa shape index (κ2) is 4.37. The van der Waals surface area contributed by atoms with Gasteiger partial charge in [-0.15, -0.1) is 0 Å². The Morgan fingerprint density at radius 3 is 2.53 bits per heavy atom. The summed E-state index contributed by atoms with van der Waals surface area (Å²) in [5, 5.41) is 9.39. The number of nitrogens with zero attached hydrogens (tertiary/aromatic N) is 1. The largest absolute Gasteiger partial charge is 0.341 e. The standard InChI is InChI=1S/C10H16N2O6S/c1-9(2)16-7-8(17-9)15-6(4-11)10(7,5-12)18-19(3,13)14/h6-8H,4,11H2,1-3H3/t6-,7+,8-,10-/m1/s1. The van der Waals surface area contributed by atoms with Gasteiger partial charge >= 0.3 is 0 Å². The Morgan fingerprint density at radius 1 is 1.42 bits per heavy atom. The monoisotopic (exact) mass is 292 g/mol. The molecule has 4 atom stereocenters. The molecule has 108 valence electrons. The fourth-order valence-corrected chi connectivity index (χ4v) is 3.04. The van der Waals surface area contributed by atoms with Crippen molar-refractivity contribution in [3.63, 3.8) is 0 Å². The first-order valence-electron chi connectivity index (χ1n) is 5.66. The summed E-state index contributed by atoms with van der Waals surface area (Å²) in [5.41, 5.74) is 3.68. The average Bonchev–Trinajstić information content (AvgIpc) is 2.69. The van der Waals surface area contributed by atoms with Crippen LogP contribution in [0.3, 0.4) is 0 Å². The van der Waals surface area contributed by atoms with Crippen LogP contribution in [0, 0.1) is 11.3 Å². The van der Waals surface area contributed by atoms with Gasteiger partial charge in [0.05, 0.1) is 6.26 Å². The predicted molar refractivity (Wildman–Crippen MR) is 62.0 cm³/mol. The summed E-state index contributed by atoms with van der Waals surface area (Å²) in [5.74, 6) is -0.988. The highest BCUT2D eigenvalue weighted by Crippen LogP contribution is 2.45. The number of hydrogen-bond donors (Lipinski definition) is 1. The minimum Gasteiger partial charge on any atom is -0.341 e. The minimum atomic E-state index is -3.89. The van der Waals surface area contributed by atoms with E-state index in [0.717, 1.165) is 6.26 Å². The van der Waals surface area contributed by atoms with Gasteiger partial charge in [-0.25, -0.2) is 4.18 Å². The van der Waals surface area contributed by atoms with Crippen molar-refractivity contribution in [3.05, 3.63) is 0 Å². The summed E-state index contributed by atoms with van der Waals surface area (Å²) in [6.07, 6.45) is -1.95. The van der Waals surface area contributed by atoms with Gasteiger partial charge in [0.25, 0.3) is 10.1 Å². The van der Waals surface area contributed by atoms with Crippen LogP contribution >= 0.6 is 0 Å². The van der Waals surface area contributed by atoms with Gasteiger partial charge < -0.3 is 19.9 Å². The zero-order valence-corrected chi connectivity index (χ0v) is 11.6. The van der Waals surface area contributed by atoms with Crippen LogP contribution < -0.4 is 5.73 Å². The number of rotatable bonds is 3. The maximum Gasteiger partial charge on any atom is 0.266 e. The van der Waals surface area contributed by atoms with E-state index in [-0.39, 0.29) is 6.54 Å². The number of nitriles is 1. The molecule has 2 heterocycles. The van der Waals surface area contributed by atoms with Crippen molar-refractivity contribution in [2.45, 2.75) is 43.7 Å². The van der Waals surface area contributed by atoms with Gasteiger partial charge in [-0.05, 0) is 13.8 Å². The van der Waals surface area contributed by atoms with E-state index < -0.39 is 40.0 Å². The van der Waals surface area contributed by atoms with Gasteiger partial charge in [0.1, 0.15) is 12.2 Å². The summed E-state index contributed by atoms with van der Waals surface area (Å²) in [6, 6.07) is 1.83. The molecule has 0 spiro atoms. The van der Waals surface area contributed by atoms with Crippen molar-refractivity contribution in [2.75, 3.05) is 12.8 Å². The van der Waals surface area contributed by atoms with Crippen molar-refractivity contribution in [1.82, 2.24) is 0 Å². The first-order valence-corrected chi connectivity index (χ1v) is 7.48. The topological polar surface area (TPSA) is 121 Å². The number of fused-ring (bicyclic) bond motifs is 1. The smallest absolute Gasteiger partial charge is 0.266 e. The highest BCUT2D eigenvalue weighted by molar-refractivity contribution is 7.86. The molecular weight excluding hydrogens is 276 g/mol. The Bertz CT molecular complexity index is 513. The predicted octanol–water partition coefficient (Wildman–Crippen LogP) is -0.940. The Labute approximate surface area is 111 Å². The third-order valence-corrected chi connectivity index (χ3v) is 3.51. The minimum absolute atomic E-state index is 0.0940. The van der Waals surface area contributed by atoms with E-state index in [1.165, 1.54) is 0 Å². The van der Waals surface area contributed by atoms with Crippen molar-refractivity contribution >= 4 is 10.1 Å². The lowest BCUT2D eigenvalue weighted by molar-refractivity contribution is -0.217. The summed E-state index contributed by atoms with van der Waals surface area (Å²) >= 11 is 0. The molecule has 0 amide bonds. The van der Waals surface area contributed by atoms with Gasteiger partial charge in [-0.1, -0.05) is 0 Å². The van der Waals surface area contributed by atoms with Crippen molar-refractivity contribution in [3.8, 4) is 6.07 Å². The Kier molecular flexibility index (Phi) is 3.37. The zero-order chi connectivity index (χ0) is 14.5. The van der Waals surface area contributed by atoms with Crippen LogP contribution in [0.1, 0.15) is 13.8 Å². The van der Waals surface area contributed by atoms with Crippen LogP contribution in [-0.4, -0.2) is 51.1 Å². The van der Waals surface area contributed by atoms with Crippen LogP contribution in [0.5, 0.6) is 0 Å². The molecule has 0 unspecified atom stereocenters. The van der Waals surface area contributed by atoms with E-state index in [1.807, 2.05) is 6.07 Å². The van der Waals surface area contributed by atoms with Gasteiger partial charge in [0.2, 0.25) is 5.60 Å². The Hall–Kier alpha value is -0.760. The average molecular weight is 292 g/mol. The normalized spacial score (nSPS) is 40.9. The molecule has 0 aliphatic carbocycles. The summed E-state index contributed by atoms with van der Waals surface area (Å²) in [6.45, 7) is 3.17. The fourth-order valence-electron chi connectivity index (χ4n) is 2.30. The quantitative estimate of drug-likeness (QED) is 0.661. The molecule has 9 heteroatoms. The molecule has 0 aromatic carbocycles. The third-order valence-electron chi connectivity index (χ3n) is 2.94. The second-order valence-corrected chi connectivity index (χ2v) is 6.55. The van der Waals surface area contributed by atoms with E-state index >= 15 is 0 Å². The van der Waals surface area contributed by atoms with E-state index in [1.54, 1.807) is 13.8 Å². The molecule has 0 bridgehead atoms. The first-order chi connectivity index (χ1) is 8.63. The van der Waals surface area contributed by atoms with Crippen LogP contribution in [-0.2, 0) is 28.5 Å². The van der Waals surface area contributed by atoms with Crippen molar-refractivity contribution in [1.29, 1.82) is 5.26 Å². The lowest BCUT2D eigenvalue weighted by atomic mass is 9.94. The summed E-state index contributed by atoms with van der Waals surface area (Å²) in [7, 11) is -3.89. The molecule has 2 rings (SSSR count). The second-order valence-electron chi connectivity index (χ2n) is 4.98. The lowest BCUT2D eigenvalue weighted by Gasteiger charge is -2.30. The summed E-state index contributed by atoms with van der Waals surface area (Å²) in [4.78, 5) is 0. The number of hydrogen-bond acceptors (Lipinski definition) is 8. The zero-order valence-electron chi connectivity index (χ0n) is 10.8. The van der Waals surface area contributed by atoms with Crippen LogP contribution in [0.25, 0.3) is 0 Å². The molecule has 8 nitrogen and oxygen atoms in total. The number of nitrogens with two attached hydrogens (primary N) is 1. The molecule has 0 saturated carbocycles. The molecule has 0 aromatic heterocycles.